The molecular formula is C20H25N3O2. The van der Waals surface area contributed by atoms with E-state index in [0.717, 1.165) is 38.4 Å². The predicted molar refractivity (Wildman–Crippen MR) is 94.8 cm³/mol. The standard InChI is InChI=1S/C20H25N3O2/c24-20(18-10-17(18)19-6-3-9-25-19)22-12-16-5-2-8-23(14-16)13-15-4-1-7-21-11-15/h1,3-4,6-7,9,11,16-18H,2,5,8,10,12-14H2,(H,22,24)/t16-,17-,18-/m0/s1. The third-order valence-corrected chi connectivity index (χ3v) is 5.33. The van der Waals surface area contributed by atoms with Gasteiger partial charge in [-0.3, -0.25) is 14.7 Å². The van der Waals surface area contributed by atoms with Crippen LogP contribution in [0, 0.1) is 11.8 Å². The van der Waals surface area contributed by atoms with Crippen molar-refractivity contribution in [1.82, 2.24) is 15.2 Å². The number of aromatic nitrogens is 1. The van der Waals surface area contributed by atoms with Gasteiger partial charge in [0.1, 0.15) is 5.76 Å². The Morgan fingerprint density at radius 2 is 2.32 bits per heavy atom. The van der Waals surface area contributed by atoms with Gasteiger partial charge in [0, 0.05) is 43.9 Å². The molecule has 132 valence electrons. The van der Waals surface area contributed by atoms with E-state index < -0.39 is 0 Å². The Labute approximate surface area is 148 Å². The zero-order valence-electron chi connectivity index (χ0n) is 14.4. The summed E-state index contributed by atoms with van der Waals surface area (Å²) in [5.41, 5.74) is 1.26. The lowest BCUT2D eigenvalue weighted by Gasteiger charge is -2.32. The Balaban J connectivity index is 1.22. The van der Waals surface area contributed by atoms with Crippen LogP contribution in [0.2, 0.25) is 0 Å². The predicted octanol–water partition coefficient (Wildman–Crippen LogP) is 2.81. The quantitative estimate of drug-likeness (QED) is 0.879. The number of nitrogens with one attached hydrogen (secondary N) is 1. The minimum absolute atomic E-state index is 0.0984. The van der Waals surface area contributed by atoms with Crippen LogP contribution in [0.5, 0.6) is 0 Å². The molecule has 2 aromatic heterocycles. The smallest absolute Gasteiger partial charge is 0.223 e. The first-order chi connectivity index (χ1) is 12.3. The number of amides is 1. The Hall–Kier alpha value is -2.14. The molecule has 5 nitrogen and oxygen atoms in total. The molecule has 3 heterocycles. The first kappa shape index (κ1) is 16.3. The maximum absolute atomic E-state index is 12.4. The number of likely N-dealkylation sites (tertiary alicyclic amines) is 1. The first-order valence-corrected chi connectivity index (χ1v) is 9.22. The van der Waals surface area contributed by atoms with Crippen molar-refractivity contribution in [2.24, 2.45) is 11.8 Å². The lowest BCUT2D eigenvalue weighted by molar-refractivity contribution is -0.122. The van der Waals surface area contributed by atoms with E-state index in [0.29, 0.717) is 5.92 Å². The lowest BCUT2D eigenvalue weighted by Crippen LogP contribution is -2.41. The highest BCUT2D eigenvalue weighted by molar-refractivity contribution is 5.82. The Morgan fingerprint density at radius 1 is 1.36 bits per heavy atom. The fourth-order valence-corrected chi connectivity index (χ4v) is 3.89. The van der Waals surface area contributed by atoms with Gasteiger partial charge in [0.15, 0.2) is 0 Å². The average molecular weight is 339 g/mol. The SMILES string of the molecule is O=C(NC[C@@H]1CCCN(Cc2cccnc2)C1)[C@H]1C[C@@H]1c1ccco1. The topological polar surface area (TPSA) is 58.4 Å². The summed E-state index contributed by atoms with van der Waals surface area (Å²) >= 11 is 0. The van der Waals surface area contributed by atoms with E-state index in [4.69, 9.17) is 4.42 Å². The molecule has 5 heteroatoms. The number of carbonyl (C=O) groups excluding carboxylic acids is 1. The molecule has 1 saturated carbocycles. The number of pyridine rings is 1. The van der Waals surface area contributed by atoms with Crippen molar-refractivity contribution in [2.75, 3.05) is 19.6 Å². The van der Waals surface area contributed by atoms with Gasteiger partial charge >= 0.3 is 0 Å². The van der Waals surface area contributed by atoms with Gasteiger partial charge < -0.3 is 9.73 Å². The van der Waals surface area contributed by atoms with Gasteiger partial charge in [0.25, 0.3) is 0 Å². The van der Waals surface area contributed by atoms with Crippen LogP contribution in [0.3, 0.4) is 0 Å². The van der Waals surface area contributed by atoms with Gasteiger partial charge in [-0.1, -0.05) is 6.07 Å². The van der Waals surface area contributed by atoms with Crippen LogP contribution in [-0.2, 0) is 11.3 Å². The van der Waals surface area contributed by atoms with Crippen molar-refractivity contribution in [2.45, 2.75) is 31.7 Å². The van der Waals surface area contributed by atoms with E-state index in [2.05, 4.69) is 21.3 Å². The monoisotopic (exact) mass is 339 g/mol. The van der Waals surface area contributed by atoms with E-state index in [1.807, 2.05) is 30.6 Å². The molecule has 0 spiro atoms. The molecule has 1 aliphatic heterocycles. The van der Waals surface area contributed by atoms with E-state index in [9.17, 15) is 4.79 Å². The molecule has 0 radical (unpaired) electrons. The summed E-state index contributed by atoms with van der Waals surface area (Å²) in [7, 11) is 0. The molecule has 2 fully saturated rings. The first-order valence-electron chi connectivity index (χ1n) is 9.22. The van der Waals surface area contributed by atoms with E-state index in [1.165, 1.54) is 18.4 Å². The van der Waals surface area contributed by atoms with Gasteiger partial charge in [-0.25, -0.2) is 0 Å². The van der Waals surface area contributed by atoms with Crippen LogP contribution in [-0.4, -0.2) is 35.4 Å². The molecule has 1 aliphatic carbocycles. The highest BCUT2D eigenvalue weighted by Gasteiger charge is 2.45. The number of furan rings is 1. The number of piperidine rings is 1. The maximum atomic E-state index is 12.4. The highest BCUT2D eigenvalue weighted by atomic mass is 16.3. The number of rotatable bonds is 6. The third-order valence-electron chi connectivity index (χ3n) is 5.33. The zero-order chi connectivity index (χ0) is 17.1. The summed E-state index contributed by atoms with van der Waals surface area (Å²) in [6, 6.07) is 7.97. The molecule has 1 saturated heterocycles. The fraction of sp³-hybridized carbons (Fsp3) is 0.500. The molecule has 2 aromatic rings. The van der Waals surface area contributed by atoms with Crippen molar-refractivity contribution in [3.63, 3.8) is 0 Å². The Morgan fingerprint density at radius 3 is 3.12 bits per heavy atom. The number of carbonyl (C=O) groups is 1. The molecule has 0 aromatic carbocycles. The van der Waals surface area contributed by atoms with Crippen molar-refractivity contribution in [1.29, 1.82) is 0 Å². The Kier molecular flexibility index (Phi) is 4.83. The molecular weight excluding hydrogens is 314 g/mol. The van der Waals surface area contributed by atoms with Crippen LogP contribution in [0.15, 0.2) is 47.3 Å². The van der Waals surface area contributed by atoms with Crippen molar-refractivity contribution in [3.05, 3.63) is 54.2 Å². The summed E-state index contributed by atoms with van der Waals surface area (Å²) in [6.07, 6.45) is 8.73. The molecule has 1 amide bonds. The summed E-state index contributed by atoms with van der Waals surface area (Å²) in [4.78, 5) is 19.0. The molecule has 0 unspecified atom stereocenters. The number of hydrogen-bond donors (Lipinski definition) is 1. The van der Waals surface area contributed by atoms with Crippen LogP contribution in [0.25, 0.3) is 0 Å². The second-order valence-corrected chi connectivity index (χ2v) is 7.31. The molecule has 3 atom stereocenters. The van der Waals surface area contributed by atoms with E-state index in [1.54, 1.807) is 6.26 Å². The van der Waals surface area contributed by atoms with Crippen molar-refractivity contribution in [3.8, 4) is 0 Å². The largest absolute Gasteiger partial charge is 0.469 e. The van der Waals surface area contributed by atoms with Gasteiger partial charge in [-0.15, -0.1) is 0 Å². The minimum atomic E-state index is 0.0984. The maximum Gasteiger partial charge on any atom is 0.223 e. The molecule has 2 aliphatic rings. The van der Waals surface area contributed by atoms with Gasteiger partial charge in [0.05, 0.1) is 6.26 Å². The molecule has 1 N–H and O–H groups in total. The molecule has 25 heavy (non-hydrogen) atoms. The molecule has 4 rings (SSSR count). The summed E-state index contributed by atoms with van der Waals surface area (Å²) in [5, 5.41) is 3.17. The van der Waals surface area contributed by atoms with Crippen LogP contribution < -0.4 is 5.32 Å². The van der Waals surface area contributed by atoms with Crippen molar-refractivity contribution < 1.29 is 9.21 Å². The minimum Gasteiger partial charge on any atom is -0.469 e. The summed E-state index contributed by atoms with van der Waals surface area (Å²) in [6.45, 7) is 3.90. The highest BCUT2D eigenvalue weighted by Crippen LogP contribution is 2.47. The number of hydrogen-bond acceptors (Lipinski definition) is 4. The van der Waals surface area contributed by atoms with E-state index >= 15 is 0 Å². The van der Waals surface area contributed by atoms with Crippen molar-refractivity contribution >= 4 is 5.91 Å². The Bertz CT molecular complexity index is 686. The normalized spacial score (nSPS) is 26.3. The van der Waals surface area contributed by atoms with Crippen LogP contribution in [0.1, 0.15) is 36.5 Å². The van der Waals surface area contributed by atoms with E-state index in [-0.39, 0.29) is 17.7 Å². The average Bonchev–Trinajstić information content (AvgIpc) is 3.26. The van der Waals surface area contributed by atoms with Gasteiger partial charge in [0.2, 0.25) is 5.91 Å². The summed E-state index contributed by atoms with van der Waals surface area (Å²) < 4.78 is 5.41. The van der Waals surface area contributed by atoms with Crippen LogP contribution in [0.4, 0.5) is 0 Å². The van der Waals surface area contributed by atoms with Gasteiger partial charge in [-0.05, 0) is 55.5 Å². The van der Waals surface area contributed by atoms with Crippen LogP contribution >= 0.6 is 0 Å². The molecule has 0 bridgehead atoms. The van der Waals surface area contributed by atoms with Gasteiger partial charge in [-0.2, -0.15) is 0 Å². The zero-order valence-corrected chi connectivity index (χ0v) is 14.4. The summed E-state index contributed by atoms with van der Waals surface area (Å²) in [5.74, 6) is 2.05. The number of nitrogens with zero attached hydrogens (tertiary/aromatic N) is 2. The fourth-order valence-electron chi connectivity index (χ4n) is 3.89. The second kappa shape index (κ2) is 7.40. The third kappa shape index (κ3) is 4.10. The second-order valence-electron chi connectivity index (χ2n) is 7.31. The lowest BCUT2D eigenvalue weighted by atomic mass is 9.97.